The maximum absolute atomic E-state index is 5.57. The quantitative estimate of drug-likeness (QED) is 0.808. The molecular formula is C11H16N2O2. The van der Waals surface area contributed by atoms with Crippen molar-refractivity contribution in [2.75, 3.05) is 25.6 Å². The molecular weight excluding hydrogens is 192 g/mol. The van der Waals surface area contributed by atoms with E-state index in [2.05, 4.69) is 4.98 Å². The number of anilines is 1. The second-order valence-electron chi connectivity index (χ2n) is 3.80. The van der Waals surface area contributed by atoms with Crippen LogP contribution in [0.1, 0.15) is 12.1 Å². The average Bonchev–Trinajstić information content (AvgIpc) is 2.71. The summed E-state index contributed by atoms with van der Waals surface area (Å²) in [6, 6.07) is 5.58. The van der Waals surface area contributed by atoms with Crippen molar-refractivity contribution < 1.29 is 9.47 Å². The summed E-state index contributed by atoms with van der Waals surface area (Å²) in [5, 5.41) is 0. The van der Waals surface area contributed by atoms with E-state index in [1.807, 2.05) is 12.1 Å². The van der Waals surface area contributed by atoms with E-state index in [4.69, 9.17) is 15.2 Å². The maximum atomic E-state index is 5.57. The van der Waals surface area contributed by atoms with Gasteiger partial charge in [0, 0.05) is 12.5 Å². The van der Waals surface area contributed by atoms with E-state index in [0.717, 1.165) is 31.9 Å². The summed E-state index contributed by atoms with van der Waals surface area (Å²) in [5.41, 5.74) is 6.45. The van der Waals surface area contributed by atoms with Crippen LogP contribution in [-0.2, 0) is 16.1 Å². The van der Waals surface area contributed by atoms with E-state index in [1.165, 1.54) is 0 Å². The number of nitrogens with zero attached hydrogens (tertiary/aromatic N) is 1. The molecule has 0 bridgehead atoms. The van der Waals surface area contributed by atoms with Gasteiger partial charge in [-0.05, 0) is 18.6 Å². The molecule has 1 aromatic heterocycles. The van der Waals surface area contributed by atoms with E-state index in [9.17, 15) is 0 Å². The monoisotopic (exact) mass is 208 g/mol. The molecule has 0 aliphatic carbocycles. The fraction of sp³-hybridized carbons (Fsp3) is 0.545. The van der Waals surface area contributed by atoms with E-state index in [0.29, 0.717) is 18.3 Å². The number of pyridine rings is 1. The first kappa shape index (κ1) is 10.4. The largest absolute Gasteiger partial charge is 0.384 e. The van der Waals surface area contributed by atoms with Crippen molar-refractivity contribution in [3.8, 4) is 0 Å². The molecule has 4 heteroatoms. The van der Waals surface area contributed by atoms with Crippen LogP contribution in [0.25, 0.3) is 0 Å². The lowest BCUT2D eigenvalue weighted by Crippen LogP contribution is -2.09. The molecule has 1 saturated heterocycles. The molecule has 4 nitrogen and oxygen atoms in total. The lowest BCUT2D eigenvalue weighted by Gasteiger charge is -2.08. The first-order chi connectivity index (χ1) is 7.34. The van der Waals surface area contributed by atoms with Gasteiger partial charge in [-0.25, -0.2) is 4.98 Å². The molecule has 1 fully saturated rings. The number of hydrogen-bond donors (Lipinski definition) is 1. The fourth-order valence-corrected chi connectivity index (χ4v) is 1.62. The van der Waals surface area contributed by atoms with Gasteiger partial charge in [0.1, 0.15) is 5.82 Å². The summed E-state index contributed by atoms with van der Waals surface area (Å²) in [4.78, 5) is 4.16. The van der Waals surface area contributed by atoms with Crippen molar-refractivity contribution in [1.29, 1.82) is 0 Å². The topological polar surface area (TPSA) is 57.4 Å². The zero-order chi connectivity index (χ0) is 10.5. The summed E-state index contributed by atoms with van der Waals surface area (Å²) >= 11 is 0. The average molecular weight is 208 g/mol. The van der Waals surface area contributed by atoms with Gasteiger partial charge < -0.3 is 15.2 Å². The lowest BCUT2D eigenvalue weighted by atomic mass is 10.1. The van der Waals surface area contributed by atoms with Gasteiger partial charge in [-0.1, -0.05) is 6.07 Å². The van der Waals surface area contributed by atoms with Crippen molar-refractivity contribution in [3.05, 3.63) is 23.9 Å². The van der Waals surface area contributed by atoms with Crippen LogP contribution in [0.4, 0.5) is 5.82 Å². The Balaban J connectivity index is 1.73. The van der Waals surface area contributed by atoms with Crippen LogP contribution < -0.4 is 5.73 Å². The van der Waals surface area contributed by atoms with Crippen LogP contribution in [0.3, 0.4) is 0 Å². The third-order valence-corrected chi connectivity index (χ3v) is 2.46. The Labute approximate surface area is 89.4 Å². The smallest absolute Gasteiger partial charge is 0.123 e. The normalized spacial score (nSPS) is 20.7. The lowest BCUT2D eigenvalue weighted by molar-refractivity contribution is 0.0774. The van der Waals surface area contributed by atoms with Gasteiger partial charge in [-0.15, -0.1) is 0 Å². The first-order valence-corrected chi connectivity index (χ1v) is 5.21. The maximum Gasteiger partial charge on any atom is 0.123 e. The Hall–Kier alpha value is -1.13. The third kappa shape index (κ3) is 3.18. The Morgan fingerprint density at radius 1 is 1.53 bits per heavy atom. The molecule has 2 N–H and O–H groups in total. The van der Waals surface area contributed by atoms with Gasteiger partial charge in [0.05, 0.1) is 25.5 Å². The molecule has 0 aromatic carbocycles. The van der Waals surface area contributed by atoms with Crippen LogP contribution in [0, 0.1) is 5.92 Å². The molecule has 1 aliphatic heterocycles. The van der Waals surface area contributed by atoms with Gasteiger partial charge in [-0.2, -0.15) is 0 Å². The van der Waals surface area contributed by atoms with E-state index >= 15 is 0 Å². The highest BCUT2D eigenvalue weighted by Crippen LogP contribution is 2.13. The molecule has 0 spiro atoms. The molecule has 0 saturated carbocycles. The highest BCUT2D eigenvalue weighted by molar-refractivity contribution is 5.28. The Bertz CT molecular complexity index is 311. The molecule has 1 aromatic rings. The molecule has 2 rings (SSSR count). The summed E-state index contributed by atoms with van der Waals surface area (Å²) < 4.78 is 10.8. The minimum Gasteiger partial charge on any atom is -0.384 e. The van der Waals surface area contributed by atoms with E-state index in [-0.39, 0.29) is 0 Å². The standard InChI is InChI=1S/C11H16N2O2/c12-11-3-1-2-10(13-11)8-15-7-9-4-5-14-6-9/h1-3,9H,4-8H2,(H2,12,13). The second kappa shape index (κ2) is 5.09. The van der Waals surface area contributed by atoms with Crippen LogP contribution in [0.5, 0.6) is 0 Å². The Kier molecular flexibility index (Phi) is 3.53. The predicted octanol–water partition coefficient (Wildman–Crippen LogP) is 1.22. The number of ether oxygens (including phenoxy) is 2. The number of nitrogens with two attached hydrogens (primary N) is 1. The van der Waals surface area contributed by atoms with Crippen molar-refractivity contribution in [2.45, 2.75) is 13.0 Å². The minimum atomic E-state index is 0.529. The molecule has 82 valence electrons. The first-order valence-electron chi connectivity index (χ1n) is 5.21. The van der Waals surface area contributed by atoms with Crippen LogP contribution >= 0.6 is 0 Å². The van der Waals surface area contributed by atoms with E-state index in [1.54, 1.807) is 6.07 Å². The minimum absolute atomic E-state index is 0.529. The molecule has 0 amide bonds. The Morgan fingerprint density at radius 2 is 2.47 bits per heavy atom. The van der Waals surface area contributed by atoms with Crippen LogP contribution in [-0.4, -0.2) is 24.8 Å². The molecule has 1 atom stereocenters. The molecule has 1 aliphatic rings. The summed E-state index contributed by atoms with van der Waals surface area (Å²) in [6.45, 7) is 2.97. The SMILES string of the molecule is Nc1cccc(COCC2CCOC2)n1. The Morgan fingerprint density at radius 3 is 3.20 bits per heavy atom. The highest BCUT2D eigenvalue weighted by atomic mass is 16.5. The van der Waals surface area contributed by atoms with E-state index < -0.39 is 0 Å². The van der Waals surface area contributed by atoms with Crippen molar-refractivity contribution in [1.82, 2.24) is 4.98 Å². The summed E-state index contributed by atoms with van der Waals surface area (Å²) in [5.74, 6) is 1.09. The molecule has 0 radical (unpaired) electrons. The number of aromatic nitrogens is 1. The molecule has 2 heterocycles. The second-order valence-corrected chi connectivity index (χ2v) is 3.80. The van der Waals surface area contributed by atoms with Crippen LogP contribution in [0.2, 0.25) is 0 Å². The van der Waals surface area contributed by atoms with Crippen LogP contribution in [0.15, 0.2) is 18.2 Å². The van der Waals surface area contributed by atoms with Gasteiger partial charge in [0.15, 0.2) is 0 Å². The number of nitrogen functional groups attached to an aromatic ring is 1. The molecule has 15 heavy (non-hydrogen) atoms. The fourth-order valence-electron chi connectivity index (χ4n) is 1.62. The van der Waals surface area contributed by atoms with Gasteiger partial charge in [0.2, 0.25) is 0 Å². The number of rotatable bonds is 4. The van der Waals surface area contributed by atoms with Crippen molar-refractivity contribution >= 4 is 5.82 Å². The van der Waals surface area contributed by atoms with Gasteiger partial charge >= 0.3 is 0 Å². The van der Waals surface area contributed by atoms with Gasteiger partial charge in [-0.3, -0.25) is 0 Å². The van der Waals surface area contributed by atoms with Crippen molar-refractivity contribution in [3.63, 3.8) is 0 Å². The number of hydrogen-bond acceptors (Lipinski definition) is 4. The zero-order valence-electron chi connectivity index (χ0n) is 8.69. The zero-order valence-corrected chi connectivity index (χ0v) is 8.69. The third-order valence-electron chi connectivity index (χ3n) is 2.46. The summed E-state index contributed by atoms with van der Waals surface area (Å²) in [6.07, 6.45) is 1.10. The predicted molar refractivity (Wildman–Crippen MR) is 57.2 cm³/mol. The summed E-state index contributed by atoms with van der Waals surface area (Å²) in [7, 11) is 0. The van der Waals surface area contributed by atoms with Gasteiger partial charge in [0.25, 0.3) is 0 Å². The van der Waals surface area contributed by atoms with Crippen molar-refractivity contribution in [2.24, 2.45) is 5.92 Å². The molecule has 1 unspecified atom stereocenters. The highest BCUT2D eigenvalue weighted by Gasteiger charge is 2.15.